The van der Waals surface area contributed by atoms with Gasteiger partial charge in [0, 0.05) is 19.0 Å². The number of carbonyl (C=O) groups is 1. The van der Waals surface area contributed by atoms with Crippen LogP contribution in [0.1, 0.15) is 60.6 Å². The standard InChI is InChI=1S/C28H32N2O4S/c1-5-28(6-2)19-24(22-11-8-10-14-26(22)34-28)29-27(31)23-12-7-9-13-25(23)30(4)35(32,33)21-17-15-20(3)16-18-21/h7-18,24H,5-6,19H2,1-4H3,(H,29,31)/t24-/m1/s1. The highest BCUT2D eigenvalue weighted by Crippen LogP contribution is 2.43. The Kier molecular flexibility index (Phi) is 6.90. The molecule has 1 atom stereocenters. The van der Waals surface area contributed by atoms with Crippen LogP contribution in [0.4, 0.5) is 5.69 Å². The van der Waals surface area contributed by atoms with E-state index in [-0.39, 0.29) is 22.4 Å². The molecule has 0 unspecified atom stereocenters. The second-order valence-electron chi connectivity index (χ2n) is 9.06. The van der Waals surface area contributed by atoms with Gasteiger partial charge in [0.15, 0.2) is 0 Å². The van der Waals surface area contributed by atoms with Crippen molar-refractivity contribution in [2.24, 2.45) is 0 Å². The van der Waals surface area contributed by atoms with Crippen molar-refractivity contribution in [1.29, 1.82) is 0 Å². The minimum atomic E-state index is -3.84. The van der Waals surface area contributed by atoms with E-state index in [1.54, 1.807) is 48.5 Å². The molecule has 3 aromatic rings. The summed E-state index contributed by atoms with van der Waals surface area (Å²) in [6.07, 6.45) is 2.28. The maximum atomic E-state index is 13.6. The minimum absolute atomic E-state index is 0.176. The Bertz CT molecular complexity index is 1310. The molecule has 3 aromatic carbocycles. The van der Waals surface area contributed by atoms with Crippen LogP contribution in [0.15, 0.2) is 77.7 Å². The summed E-state index contributed by atoms with van der Waals surface area (Å²) in [7, 11) is -2.36. The van der Waals surface area contributed by atoms with Crippen molar-refractivity contribution in [3.63, 3.8) is 0 Å². The molecule has 0 bridgehead atoms. The third-order valence-corrected chi connectivity index (χ3v) is 8.74. The summed E-state index contributed by atoms with van der Waals surface area (Å²) < 4.78 is 34.2. The molecule has 1 aliphatic rings. The van der Waals surface area contributed by atoms with Crippen LogP contribution in [-0.4, -0.2) is 27.0 Å². The predicted octanol–water partition coefficient (Wildman–Crippen LogP) is 5.63. The molecule has 6 nitrogen and oxygen atoms in total. The first-order valence-electron chi connectivity index (χ1n) is 11.9. The van der Waals surface area contributed by atoms with Gasteiger partial charge < -0.3 is 10.1 Å². The van der Waals surface area contributed by atoms with E-state index in [0.717, 1.165) is 29.7 Å². The Balaban J connectivity index is 1.66. The first-order valence-corrected chi connectivity index (χ1v) is 13.4. The van der Waals surface area contributed by atoms with Gasteiger partial charge in [0.05, 0.1) is 22.2 Å². The molecule has 35 heavy (non-hydrogen) atoms. The first-order chi connectivity index (χ1) is 16.7. The van der Waals surface area contributed by atoms with Crippen molar-refractivity contribution in [3.8, 4) is 5.75 Å². The topological polar surface area (TPSA) is 75.7 Å². The van der Waals surface area contributed by atoms with Crippen LogP contribution in [0.5, 0.6) is 5.75 Å². The average Bonchev–Trinajstić information content (AvgIpc) is 2.88. The van der Waals surface area contributed by atoms with E-state index in [9.17, 15) is 13.2 Å². The Morgan fingerprint density at radius 3 is 2.31 bits per heavy atom. The Morgan fingerprint density at radius 2 is 1.63 bits per heavy atom. The summed E-state index contributed by atoms with van der Waals surface area (Å²) in [5, 5.41) is 3.17. The molecule has 0 radical (unpaired) electrons. The molecule has 184 valence electrons. The van der Waals surface area contributed by atoms with Gasteiger partial charge in [-0.1, -0.05) is 61.9 Å². The summed E-state index contributed by atoms with van der Waals surface area (Å²) in [4.78, 5) is 13.7. The van der Waals surface area contributed by atoms with Crippen molar-refractivity contribution >= 4 is 21.6 Å². The van der Waals surface area contributed by atoms with E-state index in [4.69, 9.17) is 4.74 Å². The molecule has 0 saturated heterocycles. The van der Waals surface area contributed by atoms with E-state index in [1.165, 1.54) is 11.4 Å². The Labute approximate surface area is 208 Å². The molecule has 0 aliphatic carbocycles. The summed E-state index contributed by atoms with van der Waals surface area (Å²) in [5.74, 6) is 0.453. The number of fused-ring (bicyclic) bond motifs is 1. The molecular weight excluding hydrogens is 460 g/mol. The number of carbonyl (C=O) groups excluding carboxylic acids is 1. The third-order valence-electron chi connectivity index (χ3n) is 6.96. The predicted molar refractivity (Wildman–Crippen MR) is 138 cm³/mol. The second kappa shape index (κ2) is 9.74. The highest BCUT2D eigenvalue weighted by atomic mass is 32.2. The fraction of sp³-hybridized carbons (Fsp3) is 0.321. The first kappa shape index (κ1) is 24.8. The van der Waals surface area contributed by atoms with Gasteiger partial charge in [0.1, 0.15) is 11.4 Å². The van der Waals surface area contributed by atoms with E-state index >= 15 is 0 Å². The van der Waals surface area contributed by atoms with Crippen LogP contribution in [0, 0.1) is 6.92 Å². The molecule has 1 N–H and O–H groups in total. The summed E-state index contributed by atoms with van der Waals surface area (Å²) in [6.45, 7) is 6.09. The Hall–Kier alpha value is -3.32. The molecule has 0 spiro atoms. The molecule has 0 saturated carbocycles. The van der Waals surface area contributed by atoms with Crippen molar-refractivity contribution in [2.75, 3.05) is 11.4 Å². The van der Waals surface area contributed by atoms with Gasteiger partial charge in [0.2, 0.25) is 0 Å². The van der Waals surface area contributed by atoms with Crippen molar-refractivity contribution in [2.45, 2.75) is 56.6 Å². The average molecular weight is 493 g/mol. The number of hydrogen-bond donors (Lipinski definition) is 1. The monoisotopic (exact) mass is 492 g/mol. The quantitative estimate of drug-likeness (QED) is 0.464. The zero-order valence-electron chi connectivity index (χ0n) is 20.6. The lowest BCUT2D eigenvalue weighted by molar-refractivity contribution is 0.0227. The van der Waals surface area contributed by atoms with Crippen LogP contribution >= 0.6 is 0 Å². The van der Waals surface area contributed by atoms with Crippen molar-refractivity contribution in [3.05, 3.63) is 89.5 Å². The zero-order chi connectivity index (χ0) is 25.2. The highest BCUT2D eigenvalue weighted by molar-refractivity contribution is 7.92. The van der Waals surface area contributed by atoms with Crippen molar-refractivity contribution in [1.82, 2.24) is 5.32 Å². The van der Waals surface area contributed by atoms with Gasteiger partial charge in [-0.05, 0) is 50.1 Å². The second-order valence-corrected chi connectivity index (χ2v) is 11.0. The summed E-state index contributed by atoms with van der Waals surface area (Å²) in [6, 6.07) is 21.0. The summed E-state index contributed by atoms with van der Waals surface area (Å²) in [5.41, 5.74) is 2.16. The summed E-state index contributed by atoms with van der Waals surface area (Å²) >= 11 is 0. The number of hydrogen-bond acceptors (Lipinski definition) is 4. The van der Waals surface area contributed by atoms with Gasteiger partial charge in [-0.2, -0.15) is 0 Å². The fourth-order valence-corrected chi connectivity index (χ4v) is 5.82. The number of benzene rings is 3. The van der Waals surface area contributed by atoms with Gasteiger partial charge >= 0.3 is 0 Å². The number of aryl methyl sites for hydroxylation is 1. The lowest BCUT2D eigenvalue weighted by Crippen LogP contribution is -2.44. The molecule has 1 heterocycles. The molecule has 0 aromatic heterocycles. The molecule has 4 rings (SSSR count). The van der Waals surface area contributed by atoms with Gasteiger partial charge in [0.25, 0.3) is 15.9 Å². The van der Waals surface area contributed by atoms with E-state index in [2.05, 4.69) is 19.2 Å². The number of nitrogens with one attached hydrogen (secondary N) is 1. The highest BCUT2D eigenvalue weighted by Gasteiger charge is 2.39. The minimum Gasteiger partial charge on any atom is -0.487 e. The van der Waals surface area contributed by atoms with E-state index in [1.807, 2.05) is 31.2 Å². The fourth-order valence-electron chi connectivity index (χ4n) is 4.60. The number of para-hydroxylation sites is 2. The van der Waals surface area contributed by atoms with E-state index < -0.39 is 10.0 Å². The lowest BCUT2D eigenvalue weighted by atomic mass is 9.83. The lowest BCUT2D eigenvalue weighted by Gasteiger charge is -2.41. The number of ether oxygens (including phenoxy) is 1. The van der Waals surface area contributed by atoms with Crippen LogP contribution < -0.4 is 14.4 Å². The SMILES string of the molecule is CCC1(CC)C[C@@H](NC(=O)c2ccccc2N(C)S(=O)(=O)c2ccc(C)cc2)c2ccccc2O1. The maximum Gasteiger partial charge on any atom is 0.264 e. The largest absolute Gasteiger partial charge is 0.487 e. The normalized spacial score (nSPS) is 16.6. The molecule has 1 aliphatic heterocycles. The number of amides is 1. The number of anilines is 1. The zero-order valence-corrected chi connectivity index (χ0v) is 21.4. The van der Waals surface area contributed by atoms with Crippen LogP contribution in [0.3, 0.4) is 0 Å². The van der Waals surface area contributed by atoms with E-state index in [0.29, 0.717) is 17.7 Å². The third kappa shape index (κ3) is 4.78. The maximum absolute atomic E-state index is 13.6. The smallest absolute Gasteiger partial charge is 0.264 e. The van der Waals surface area contributed by atoms with Crippen LogP contribution in [0.2, 0.25) is 0 Å². The Morgan fingerprint density at radius 1 is 1.00 bits per heavy atom. The van der Waals surface area contributed by atoms with Gasteiger partial charge in [-0.15, -0.1) is 0 Å². The molecular formula is C28H32N2O4S. The van der Waals surface area contributed by atoms with Gasteiger partial charge in [-0.25, -0.2) is 8.42 Å². The number of rotatable bonds is 7. The number of nitrogens with zero attached hydrogens (tertiary/aromatic N) is 1. The molecule has 1 amide bonds. The molecule has 7 heteroatoms. The van der Waals surface area contributed by atoms with Crippen LogP contribution in [-0.2, 0) is 10.0 Å². The van der Waals surface area contributed by atoms with Crippen molar-refractivity contribution < 1.29 is 17.9 Å². The molecule has 0 fully saturated rings. The number of sulfonamides is 1. The van der Waals surface area contributed by atoms with Crippen LogP contribution in [0.25, 0.3) is 0 Å². The van der Waals surface area contributed by atoms with Gasteiger partial charge in [-0.3, -0.25) is 9.10 Å².